The summed E-state index contributed by atoms with van der Waals surface area (Å²) in [7, 11) is -2.41. The molecule has 1 spiro atoms. The fourth-order valence-electron chi connectivity index (χ4n) is 9.76. The summed E-state index contributed by atoms with van der Waals surface area (Å²) in [6, 6.07) is 12.1. The van der Waals surface area contributed by atoms with Gasteiger partial charge in [0.1, 0.15) is 11.4 Å². The van der Waals surface area contributed by atoms with E-state index < -0.39 is 26.8 Å². The molecular formula is C42H57ClN4O6S. The monoisotopic (exact) mass is 780 g/mol. The van der Waals surface area contributed by atoms with Gasteiger partial charge in [0, 0.05) is 67.8 Å². The summed E-state index contributed by atoms with van der Waals surface area (Å²) in [4.78, 5) is 31.0. The van der Waals surface area contributed by atoms with Crippen molar-refractivity contribution in [3.05, 3.63) is 70.3 Å². The predicted octanol–water partition coefficient (Wildman–Crippen LogP) is 5.91. The Morgan fingerprint density at radius 3 is 2.67 bits per heavy atom. The van der Waals surface area contributed by atoms with Crippen molar-refractivity contribution in [3.8, 4) is 5.75 Å². The fraction of sp³-hybridized carbons (Fsp3) is 0.619. The molecule has 2 aromatic carbocycles. The molecule has 2 aliphatic carbocycles. The van der Waals surface area contributed by atoms with E-state index in [2.05, 4.69) is 32.0 Å². The molecule has 1 amide bonds. The quantitative estimate of drug-likeness (QED) is 0.284. The van der Waals surface area contributed by atoms with Gasteiger partial charge in [-0.1, -0.05) is 37.1 Å². The van der Waals surface area contributed by atoms with E-state index in [-0.39, 0.29) is 28.7 Å². The van der Waals surface area contributed by atoms with Crippen LogP contribution in [0.3, 0.4) is 0 Å². The Kier molecular flexibility index (Phi) is 11.8. The van der Waals surface area contributed by atoms with Crippen LogP contribution in [0.4, 0.5) is 5.69 Å². The van der Waals surface area contributed by atoms with Crippen LogP contribution in [-0.2, 0) is 31.4 Å². The summed E-state index contributed by atoms with van der Waals surface area (Å²) in [5.41, 5.74) is 2.05. The highest BCUT2D eigenvalue weighted by Crippen LogP contribution is 2.48. The molecule has 3 fully saturated rings. The third kappa shape index (κ3) is 7.85. The van der Waals surface area contributed by atoms with Crippen LogP contribution in [0.25, 0.3) is 0 Å². The Labute approximate surface area is 326 Å². The van der Waals surface area contributed by atoms with E-state index in [9.17, 15) is 18.0 Å². The van der Waals surface area contributed by atoms with E-state index in [1.54, 1.807) is 32.2 Å². The Hall–Kier alpha value is -2.96. The number of aldehydes is 1. The fourth-order valence-corrected chi connectivity index (χ4v) is 11.2. The zero-order valence-electron chi connectivity index (χ0n) is 32.0. The number of allylic oxidation sites excluding steroid dienone is 1. The van der Waals surface area contributed by atoms with Crippen LogP contribution >= 0.6 is 11.6 Å². The minimum atomic E-state index is -3.97. The third-order valence-corrected chi connectivity index (χ3v) is 15.6. The molecule has 0 unspecified atom stereocenters. The number of benzene rings is 2. The first-order chi connectivity index (χ1) is 26.0. The van der Waals surface area contributed by atoms with Gasteiger partial charge in [-0.15, -0.1) is 0 Å². The highest BCUT2D eigenvalue weighted by Gasteiger charge is 2.49. The second-order valence-corrected chi connectivity index (χ2v) is 19.1. The van der Waals surface area contributed by atoms with Gasteiger partial charge >= 0.3 is 0 Å². The number of methoxy groups -OCH3 is 1. The predicted molar refractivity (Wildman–Crippen MR) is 213 cm³/mol. The van der Waals surface area contributed by atoms with E-state index in [0.29, 0.717) is 36.9 Å². The first kappa shape index (κ1) is 39.3. The lowest BCUT2D eigenvalue weighted by molar-refractivity contribution is -0.135. The Balaban J connectivity index is 0.000000386. The maximum Gasteiger partial charge on any atom is 0.264 e. The molecular weight excluding hydrogens is 724 g/mol. The van der Waals surface area contributed by atoms with Crippen molar-refractivity contribution in [3.63, 3.8) is 0 Å². The largest absolute Gasteiger partial charge is 0.490 e. The van der Waals surface area contributed by atoms with E-state index in [1.165, 1.54) is 56.6 Å². The third-order valence-electron chi connectivity index (χ3n) is 13.4. The van der Waals surface area contributed by atoms with Crippen molar-refractivity contribution in [2.45, 2.75) is 93.9 Å². The molecule has 54 heavy (non-hydrogen) atoms. The first-order valence-corrected chi connectivity index (χ1v) is 21.9. The number of piperazine rings is 1. The number of hydrogen-bond donors (Lipinski definition) is 2. The van der Waals surface area contributed by atoms with Crippen molar-refractivity contribution in [2.24, 2.45) is 17.8 Å². The van der Waals surface area contributed by atoms with Crippen molar-refractivity contribution < 1.29 is 27.5 Å². The zero-order valence-corrected chi connectivity index (χ0v) is 33.6. The molecule has 7 atom stereocenters. The summed E-state index contributed by atoms with van der Waals surface area (Å²) in [6.45, 7) is 10.3. The summed E-state index contributed by atoms with van der Waals surface area (Å²) in [6.07, 6.45) is 13.9. The molecule has 2 aromatic rings. The minimum Gasteiger partial charge on any atom is -0.490 e. The summed E-state index contributed by atoms with van der Waals surface area (Å²) in [5, 5.41) is 3.32. The van der Waals surface area contributed by atoms with Crippen LogP contribution in [0.15, 0.2) is 48.6 Å². The summed E-state index contributed by atoms with van der Waals surface area (Å²) in [5.74, 6) is -0.203. The second kappa shape index (κ2) is 16.3. The van der Waals surface area contributed by atoms with Gasteiger partial charge in [0.05, 0.1) is 17.5 Å². The molecule has 2 bridgehead atoms. The number of nitrogens with one attached hydrogen (secondary N) is 2. The number of anilines is 1. The molecule has 4 aliphatic heterocycles. The smallest absolute Gasteiger partial charge is 0.264 e. The van der Waals surface area contributed by atoms with Crippen molar-refractivity contribution in [1.82, 2.24) is 14.9 Å². The van der Waals surface area contributed by atoms with Crippen LogP contribution in [0.2, 0.25) is 5.02 Å². The maximum absolute atomic E-state index is 13.4. The van der Waals surface area contributed by atoms with Crippen LogP contribution in [-0.4, -0.2) is 95.4 Å². The number of sulfonamides is 1. The van der Waals surface area contributed by atoms with Gasteiger partial charge < -0.3 is 19.7 Å². The molecule has 6 aliphatic rings. The molecule has 4 heterocycles. The molecule has 12 heteroatoms. The average molecular weight is 781 g/mol. The molecule has 10 nitrogen and oxygen atoms in total. The number of piperidine rings is 1. The number of nitrogens with zero attached hydrogens (tertiary/aromatic N) is 2. The Bertz CT molecular complexity index is 1810. The van der Waals surface area contributed by atoms with Gasteiger partial charge in [-0.25, -0.2) is 13.1 Å². The van der Waals surface area contributed by atoms with E-state index in [4.69, 9.17) is 21.1 Å². The molecule has 8 rings (SSSR count). The first-order valence-electron chi connectivity index (χ1n) is 20.0. The van der Waals surface area contributed by atoms with Gasteiger partial charge in [0.15, 0.2) is 6.29 Å². The lowest BCUT2D eigenvalue weighted by Gasteiger charge is -2.48. The van der Waals surface area contributed by atoms with E-state index in [1.807, 2.05) is 25.1 Å². The van der Waals surface area contributed by atoms with Crippen molar-refractivity contribution >= 4 is 39.5 Å². The highest BCUT2D eigenvalue weighted by atomic mass is 35.5. The molecule has 0 aromatic heterocycles. The SMILES string of the molecule is C1CCN2CCNC[C@@H]2C1.CO[C@]1(C=O)/C=C/C[C@H](C)[C@@H](C)S(=O)(=O)NC(=O)c2ccc3c(c2)N(C[C@@H]2CC[C@H]21)C[C@@]1(CCCc2cc(Cl)ccc21)CO3. The molecule has 1 saturated carbocycles. The van der Waals surface area contributed by atoms with Gasteiger partial charge in [-0.2, -0.15) is 0 Å². The number of aryl methyl sites for hydroxylation is 1. The number of carbonyl (C=O) groups excluding carboxylic acids is 2. The van der Waals surface area contributed by atoms with Crippen LogP contribution in [0.5, 0.6) is 5.75 Å². The van der Waals surface area contributed by atoms with Crippen LogP contribution in [0.1, 0.15) is 86.7 Å². The molecule has 0 radical (unpaired) electrons. The van der Waals surface area contributed by atoms with Crippen molar-refractivity contribution in [2.75, 3.05) is 57.9 Å². The van der Waals surface area contributed by atoms with Gasteiger partial charge in [0.2, 0.25) is 10.0 Å². The standard InChI is InChI=1S/C34H41ClN2O6S.C8H16N2/c1-22-6-4-15-34(20-38,42-3)29-11-8-26(29)18-37-19-33(14-5-7-24-16-27(35)10-12-28(24)33)21-43-31-13-9-25(17-30(31)37)32(39)36-44(40,41)23(22)2;1-2-5-10-6-4-9-7-8(10)3-1/h4,9-10,12-13,15-17,20,22-23,26,29H,5-8,11,14,18-19,21H2,1-3H3,(H,36,39);8-9H,1-7H2/b15-4+;/t22-,23+,26-,29+,33-,34-;8-/m00/s1. The number of fused-ring (bicyclic) bond motifs is 5. The normalized spacial score (nSPS) is 34.2. The Morgan fingerprint density at radius 1 is 1.06 bits per heavy atom. The lowest BCUT2D eigenvalue weighted by atomic mass is 9.64. The van der Waals surface area contributed by atoms with Crippen LogP contribution < -0.4 is 19.7 Å². The van der Waals surface area contributed by atoms with E-state index >= 15 is 0 Å². The zero-order chi connectivity index (χ0) is 38.1. The van der Waals surface area contributed by atoms with E-state index in [0.717, 1.165) is 50.1 Å². The average Bonchev–Trinajstić information content (AvgIpc) is 3.32. The van der Waals surface area contributed by atoms with Gasteiger partial charge in [-0.3, -0.25) is 14.5 Å². The minimum absolute atomic E-state index is 0.0434. The maximum atomic E-state index is 13.4. The topological polar surface area (TPSA) is 117 Å². The number of halogens is 1. The van der Waals surface area contributed by atoms with Gasteiger partial charge in [-0.05, 0) is 124 Å². The lowest BCUT2D eigenvalue weighted by Crippen LogP contribution is -2.53. The number of carbonyl (C=O) groups is 2. The number of hydrogen-bond acceptors (Lipinski definition) is 9. The molecule has 2 saturated heterocycles. The number of amides is 1. The second-order valence-electron chi connectivity index (χ2n) is 16.6. The molecule has 2 N–H and O–H groups in total. The summed E-state index contributed by atoms with van der Waals surface area (Å²) < 4.78 is 41.3. The number of ether oxygens (including phenoxy) is 2. The number of rotatable bonds is 2. The van der Waals surface area contributed by atoms with Gasteiger partial charge in [0.25, 0.3) is 5.91 Å². The Morgan fingerprint density at radius 2 is 1.91 bits per heavy atom. The highest BCUT2D eigenvalue weighted by molar-refractivity contribution is 7.90. The molecule has 294 valence electrons. The van der Waals surface area contributed by atoms with Crippen molar-refractivity contribution in [1.29, 1.82) is 0 Å². The summed E-state index contributed by atoms with van der Waals surface area (Å²) >= 11 is 6.40. The van der Waals surface area contributed by atoms with Crippen LogP contribution in [0, 0.1) is 17.8 Å².